The molecule has 0 unspecified atom stereocenters. The van der Waals surface area contributed by atoms with Crippen LogP contribution in [-0.4, -0.2) is 24.3 Å². The van der Waals surface area contributed by atoms with Crippen LogP contribution < -0.4 is 11.2 Å². The molecule has 0 bridgehead atoms. The molecule has 2 aliphatic rings. The van der Waals surface area contributed by atoms with E-state index >= 15 is 0 Å². The van der Waals surface area contributed by atoms with E-state index in [4.69, 9.17) is 23.2 Å². The van der Waals surface area contributed by atoms with Crippen LogP contribution in [0.2, 0.25) is 10.0 Å². The number of aryl methyl sites for hydroxylation is 1. The minimum absolute atomic E-state index is 0.0741. The third kappa shape index (κ3) is 2.62. The number of benzene rings is 1. The van der Waals surface area contributed by atoms with E-state index in [0.29, 0.717) is 28.0 Å². The molecule has 0 saturated carbocycles. The lowest BCUT2D eigenvalue weighted by atomic mass is 10.2. The number of fused-ring (bicyclic) bond motifs is 1. The molecule has 1 aromatic carbocycles. The molecule has 0 radical (unpaired) electrons. The van der Waals surface area contributed by atoms with Crippen LogP contribution in [0.15, 0.2) is 27.8 Å². The largest absolute Gasteiger partial charge is 0.352 e. The van der Waals surface area contributed by atoms with Gasteiger partial charge in [-0.1, -0.05) is 23.2 Å². The number of hydrogen-bond acceptors (Lipinski definition) is 5. The number of halogens is 2. The Morgan fingerprint density at radius 1 is 1.13 bits per heavy atom. The van der Waals surface area contributed by atoms with Crippen molar-refractivity contribution in [1.82, 2.24) is 24.3 Å². The molecule has 2 heterocycles. The summed E-state index contributed by atoms with van der Waals surface area (Å²) in [6.45, 7) is 2.25. The lowest BCUT2D eigenvalue weighted by Crippen LogP contribution is -2.37. The Hall–Kier alpha value is -2.25. The average molecular weight is 352 g/mol. The molecule has 7 nitrogen and oxygen atoms in total. The molecule has 0 aromatic heterocycles. The lowest BCUT2D eigenvalue weighted by Gasteiger charge is -2.13. The zero-order valence-electron chi connectivity index (χ0n) is 12.2. The van der Waals surface area contributed by atoms with Crippen LogP contribution in [0.5, 0.6) is 0 Å². The Labute approximate surface area is 140 Å². The van der Waals surface area contributed by atoms with Gasteiger partial charge in [0, 0.05) is 19.2 Å². The molecule has 0 atom stereocenters. The van der Waals surface area contributed by atoms with Gasteiger partial charge in [0.25, 0.3) is 5.56 Å². The number of rotatable bonds is 2. The molecular weight excluding hydrogens is 341 g/mol. The van der Waals surface area contributed by atoms with Crippen molar-refractivity contribution in [3.05, 3.63) is 49.1 Å². The van der Waals surface area contributed by atoms with Crippen LogP contribution in [0.1, 0.15) is 6.92 Å². The smallest absolute Gasteiger partial charge is 0.267 e. The van der Waals surface area contributed by atoms with Crippen LogP contribution in [0, 0.1) is 0 Å². The van der Waals surface area contributed by atoms with Gasteiger partial charge >= 0.3 is 5.69 Å². The Bertz CT molecular complexity index is 995. The standard InChI is InChI=1S/C14H11Cl2N5O2/c1-3-21-12-10(13(22)20(2)14(23)18-12)17-11(19-21)7-4-5-8(15)9(16)6-7/h4-6H,3H2,1-2H3. The highest BCUT2D eigenvalue weighted by Gasteiger charge is 2.20. The second kappa shape index (κ2) is 5.75. The van der Waals surface area contributed by atoms with Crippen LogP contribution >= 0.6 is 23.2 Å². The summed E-state index contributed by atoms with van der Waals surface area (Å²) in [7, 11) is 1.36. The number of aromatic nitrogens is 5. The Morgan fingerprint density at radius 3 is 2.52 bits per heavy atom. The topological polar surface area (TPSA) is 82.7 Å². The number of nitrogens with zero attached hydrogens (tertiary/aromatic N) is 5. The summed E-state index contributed by atoms with van der Waals surface area (Å²) < 4.78 is 2.37. The molecule has 9 heteroatoms. The molecular formula is C14H11Cl2N5O2. The van der Waals surface area contributed by atoms with Crippen LogP contribution in [0.3, 0.4) is 0 Å². The van der Waals surface area contributed by atoms with Gasteiger partial charge in [-0.2, -0.15) is 10.1 Å². The molecule has 0 amide bonds. The molecule has 0 spiro atoms. The van der Waals surface area contributed by atoms with E-state index in [1.807, 2.05) is 6.92 Å². The molecule has 1 aromatic rings. The van der Waals surface area contributed by atoms with Crippen molar-refractivity contribution >= 4 is 23.2 Å². The second-order valence-electron chi connectivity index (χ2n) is 4.81. The molecule has 0 saturated heterocycles. The molecule has 0 N–H and O–H groups in total. The van der Waals surface area contributed by atoms with Gasteiger partial charge in [-0.15, -0.1) is 0 Å². The summed E-state index contributed by atoms with van der Waals surface area (Å²) in [6.07, 6.45) is 0. The molecule has 0 aliphatic carbocycles. The van der Waals surface area contributed by atoms with Crippen molar-refractivity contribution < 1.29 is 0 Å². The highest BCUT2D eigenvalue weighted by atomic mass is 35.5. The normalized spacial score (nSPS) is 11.1. The average Bonchev–Trinajstić information content (AvgIpc) is 2.54. The monoisotopic (exact) mass is 351 g/mol. The fourth-order valence-electron chi connectivity index (χ4n) is 2.11. The summed E-state index contributed by atoms with van der Waals surface area (Å²) in [5.41, 5.74) is -0.483. The summed E-state index contributed by atoms with van der Waals surface area (Å²) in [5.74, 6) is 0.458. The SMILES string of the molecule is CCn1nc(-c2ccc(Cl)c(Cl)c2)nc2c(=O)n(C)c(=O)nc1-2. The second-order valence-corrected chi connectivity index (χ2v) is 5.63. The van der Waals surface area contributed by atoms with Gasteiger partial charge in [0.15, 0.2) is 17.3 Å². The molecule has 3 rings (SSSR count). The van der Waals surface area contributed by atoms with Gasteiger partial charge in [-0.25, -0.2) is 14.5 Å². The van der Waals surface area contributed by atoms with Gasteiger partial charge in [0.2, 0.25) is 0 Å². The zero-order valence-corrected chi connectivity index (χ0v) is 13.8. The third-order valence-corrected chi connectivity index (χ3v) is 4.10. The van der Waals surface area contributed by atoms with Crippen molar-refractivity contribution in [1.29, 1.82) is 0 Å². The molecule has 23 heavy (non-hydrogen) atoms. The summed E-state index contributed by atoms with van der Waals surface area (Å²) in [4.78, 5) is 32.1. The minimum Gasteiger partial charge on any atom is -0.267 e. The predicted molar refractivity (Wildman–Crippen MR) is 87.1 cm³/mol. The van der Waals surface area contributed by atoms with Crippen molar-refractivity contribution in [2.24, 2.45) is 7.05 Å². The Morgan fingerprint density at radius 2 is 1.87 bits per heavy atom. The van der Waals surface area contributed by atoms with Crippen molar-refractivity contribution in [3.8, 4) is 22.9 Å². The summed E-state index contributed by atoms with van der Waals surface area (Å²) >= 11 is 11.9. The maximum Gasteiger partial charge on any atom is 0.352 e. The van der Waals surface area contributed by atoms with Gasteiger partial charge in [0.05, 0.1) is 10.0 Å². The van der Waals surface area contributed by atoms with Crippen molar-refractivity contribution in [2.45, 2.75) is 13.5 Å². The predicted octanol–water partition coefficient (Wildman–Crippen LogP) is 1.83. The summed E-state index contributed by atoms with van der Waals surface area (Å²) in [6, 6.07) is 4.94. The quantitative estimate of drug-likeness (QED) is 0.703. The van der Waals surface area contributed by atoms with E-state index < -0.39 is 11.2 Å². The van der Waals surface area contributed by atoms with Crippen LogP contribution in [0.25, 0.3) is 22.9 Å². The first-order valence-corrected chi connectivity index (χ1v) is 7.49. The maximum atomic E-state index is 12.3. The van der Waals surface area contributed by atoms with Crippen LogP contribution in [0.4, 0.5) is 0 Å². The minimum atomic E-state index is -0.643. The lowest BCUT2D eigenvalue weighted by molar-refractivity contribution is 0.612. The van der Waals surface area contributed by atoms with E-state index in [2.05, 4.69) is 15.1 Å². The van der Waals surface area contributed by atoms with Crippen molar-refractivity contribution in [2.75, 3.05) is 0 Å². The van der Waals surface area contributed by atoms with Gasteiger partial charge < -0.3 is 0 Å². The third-order valence-electron chi connectivity index (χ3n) is 3.36. The highest BCUT2D eigenvalue weighted by molar-refractivity contribution is 6.42. The van der Waals surface area contributed by atoms with Gasteiger partial charge in [-0.05, 0) is 25.1 Å². The van der Waals surface area contributed by atoms with E-state index in [1.165, 1.54) is 11.7 Å². The Balaban J connectivity index is 2.35. The number of hydrogen-bond donors (Lipinski definition) is 0. The maximum absolute atomic E-state index is 12.3. The first-order chi connectivity index (χ1) is 10.9. The molecule has 118 valence electrons. The first-order valence-electron chi connectivity index (χ1n) is 6.73. The summed E-state index contributed by atoms with van der Waals surface area (Å²) in [5, 5.41) is 5.10. The fourth-order valence-corrected chi connectivity index (χ4v) is 2.40. The van der Waals surface area contributed by atoms with Gasteiger partial charge in [-0.3, -0.25) is 9.36 Å². The van der Waals surface area contributed by atoms with E-state index in [9.17, 15) is 9.59 Å². The van der Waals surface area contributed by atoms with E-state index in [1.54, 1.807) is 18.2 Å². The van der Waals surface area contributed by atoms with Crippen molar-refractivity contribution in [3.63, 3.8) is 0 Å². The zero-order chi connectivity index (χ0) is 16.7. The first kappa shape index (κ1) is 15.6. The van der Waals surface area contributed by atoms with Gasteiger partial charge in [0.1, 0.15) is 0 Å². The highest BCUT2D eigenvalue weighted by Crippen LogP contribution is 2.27. The van der Waals surface area contributed by atoms with Crippen LogP contribution in [-0.2, 0) is 13.6 Å². The molecule has 0 fully saturated rings. The molecule has 2 aliphatic heterocycles. The van der Waals surface area contributed by atoms with E-state index in [0.717, 1.165) is 4.57 Å². The Kier molecular flexibility index (Phi) is 3.91. The van der Waals surface area contributed by atoms with E-state index in [-0.39, 0.29) is 11.5 Å². The fraction of sp³-hybridized carbons (Fsp3) is 0.214.